The van der Waals surface area contributed by atoms with Gasteiger partial charge in [-0.05, 0) is 31.0 Å². The minimum absolute atomic E-state index is 0.0917. The Labute approximate surface area is 114 Å². The molecule has 0 bridgehead atoms. The molecule has 0 aromatic heterocycles. The van der Waals surface area contributed by atoms with Crippen LogP contribution >= 0.6 is 0 Å². The fourth-order valence-corrected chi connectivity index (χ4v) is 2.95. The number of aryl methyl sites for hydroxylation is 2. The van der Waals surface area contributed by atoms with Crippen LogP contribution in [0.2, 0.25) is 0 Å². The number of benzene rings is 1. The zero-order valence-corrected chi connectivity index (χ0v) is 12.3. The van der Waals surface area contributed by atoms with Crippen molar-refractivity contribution in [2.75, 3.05) is 13.1 Å². The van der Waals surface area contributed by atoms with E-state index in [9.17, 15) is 13.2 Å². The molecule has 0 heterocycles. The van der Waals surface area contributed by atoms with E-state index in [0.29, 0.717) is 12.0 Å². The molecular formula is C13H20N2O3S. The highest BCUT2D eigenvalue weighted by molar-refractivity contribution is 7.89. The van der Waals surface area contributed by atoms with Gasteiger partial charge in [0.1, 0.15) is 0 Å². The summed E-state index contributed by atoms with van der Waals surface area (Å²) in [5.74, 6) is -0.0917. The fraction of sp³-hybridized carbons (Fsp3) is 0.462. The fourth-order valence-electron chi connectivity index (χ4n) is 1.59. The summed E-state index contributed by atoms with van der Waals surface area (Å²) < 4.78 is 26.7. The standard InChI is InChI=1S/C13H20N2O3S/c1-4-13(16)14-7-8-15-19(17,18)12-9-10(2)5-6-11(12)3/h5-6,9,15H,4,7-8H2,1-3H3,(H,14,16). The molecule has 0 atom stereocenters. The number of rotatable bonds is 6. The Balaban J connectivity index is 2.66. The second kappa shape index (κ2) is 6.68. The van der Waals surface area contributed by atoms with Gasteiger partial charge in [0.2, 0.25) is 15.9 Å². The minimum atomic E-state index is -3.52. The minimum Gasteiger partial charge on any atom is -0.355 e. The van der Waals surface area contributed by atoms with E-state index in [4.69, 9.17) is 0 Å². The molecule has 0 aliphatic heterocycles. The second-order valence-corrected chi connectivity index (χ2v) is 6.11. The van der Waals surface area contributed by atoms with Gasteiger partial charge in [-0.25, -0.2) is 13.1 Å². The molecule has 0 saturated carbocycles. The molecule has 1 amide bonds. The summed E-state index contributed by atoms with van der Waals surface area (Å²) in [6.07, 6.45) is 0.393. The molecule has 0 aliphatic rings. The van der Waals surface area contributed by atoms with E-state index in [1.165, 1.54) is 0 Å². The van der Waals surface area contributed by atoms with Crippen molar-refractivity contribution in [2.24, 2.45) is 0 Å². The number of nitrogens with one attached hydrogen (secondary N) is 2. The molecule has 2 N–H and O–H groups in total. The normalized spacial score (nSPS) is 11.3. The van der Waals surface area contributed by atoms with E-state index >= 15 is 0 Å². The Morgan fingerprint density at radius 2 is 1.89 bits per heavy atom. The van der Waals surface area contributed by atoms with Crippen LogP contribution in [0.1, 0.15) is 24.5 Å². The van der Waals surface area contributed by atoms with Crippen molar-refractivity contribution in [2.45, 2.75) is 32.1 Å². The van der Waals surface area contributed by atoms with Gasteiger partial charge in [0.15, 0.2) is 0 Å². The third-order valence-corrected chi connectivity index (χ3v) is 4.30. The maximum absolute atomic E-state index is 12.1. The first-order chi connectivity index (χ1) is 8.86. The van der Waals surface area contributed by atoms with Gasteiger partial charge in [0.25, 0.3) is 0 Å². The smallest absolute Gasteiger partial charge is 0.240 e. The molecular weight excluding hydrogens is 264 g/mol. The average molecular weight is 284 g/mol. The highest BCUT2D eigenvalue weighted by Crippen LogP contribution is 2.16. The monoisotopic (exact) mass is 284 g/mol. The van der Waals surface area contributed by atoms with Crippen LogP contribution in [0.5, 0.6) is 0 Å². The summed E-state index contributed by atoms with van der Waals surface area (Å²) in [7, 11) is -3.52. The van der Waals surface area contributed by atoms with Crippen molar-refractivity contribution >= 4 is 15.9 Å². The number of carbonyl (C=O) groups excluding carboxylic acids is 1. The lowest BCUT2D eigenvalue weighted by Gasteiger charge is -2.10. The van der Waals surface area contributed by atoms with Crippen molar-refractivity contribution in [1.29, 1.82) is 0 Å². The van der Waals surface area contributed by atoms with Gasteiger partial charge in [0, 0.05) is 19.5 Å². The average Bonchev–Trinajstić information content (AvgIpc) is 2.37. The number of carbonyl (C=O) groups is 1. The molecule has 106 valence electrons. The van der Waals surface area contributed by atoms with Gasteiger partial charge in [0.05, 0.1) is 4.90 Å². The molecule has 5 nitrogen and oxygen atoms in total. The predicted octanol–water partition coefficient (Wildman–Crippen LogP) is 1.11. The van der Waals surface area contributed by atoms with E-state index in [1.807, 2.05) is 13.0 Å². The summed E-state index contributed by atoms with van der Waals surface area (Å²) in [5.41, 5.74) is 1.60. The Hall–Kier alpha value is -1.40. The number of hydrogen-bond donors (Lipinski definition) is 2. The highest BCUT2D eigenvalue weighted by atomic mass is 32.2. The maximum Gasteiger partial charge on any atom is 0.240 e. The lowest BCUT2D eigenvalue weighted by molar-refractivity contribution is -0.120. The zero-order chi connectivity index (χ0) is 14.5. The predicted molar refractivity (Wildman–Crippen MR) is 74.4 cm³/mol. The molecule has 1 aromatic carbocycles. The summed E-state index contributed by atoms with van der Waals surface area (Å²) in [6.45, 7) is 5.82. The number of amides is 1. The number of sulfonamides is 1. The molecule has 0 unspecified atom stereocenters. The van der Waals surface area contributed by atoms with E-state index < -0.39 is 10.0 Å². The Morgan fingerprint density at radius 1 is 1.21 bits per heavy atom. The van der Waals surface area contributed by atoms with Gasteiger partial charge in [-0.15, -0.1) is 0 Å². The summed E-state index contributed by atoms with van der Waals surface area (Å²) >= 11 is 0. The number of hydrogen-bond acceptors (Lipinski definition) is 3. The van der Waals surface area contributed by atoms with Crippen LogP contribution in [-0.2, 0) is 14.8 Å². The molecule has 0 aliphatic carbocycles. The summed E-state index contributed by atoms with van der Waals surface area (Å²) in [5, 5.41) is 2.62. The van der Waals surface area contributed by atoms with Crippen molar-refractivity contribution in [3.8, 4) is 0 Å². The van der Waals surface area contributed by atoms with E-state index in [-0.39, 0.29) is 23.9 Å². The van der Waals surface area contributed by atoms with Gasteiger partial charge in [-0.1, -0.05) is 19.1 Å². The Kier molecular flexibility index (Phi) is 5.50. The van der Waals surface area contributed by atoms with Crippen LogP contribution in [-0.4, -0.2) is 27.4 Å². The van der Waals surface area contributed by atoms with Gasteiger partial charge >= 0.3 is 0 Å². The van der Waals surface area contributed by atoms with Crippen molar-refractivity contribution in [3.05, 3.63) is 29.3 Å². The molecule has 19 heavy (non-hydrogen) atoms. The molecule has 1 aromatic rings. The topological polar surface area (TPSA) is 75.3 Å². The first-order valence-corrected chi connectivity index (χ1v) is 7.68. The van der Waals surface area contributed by atoms with Crippen LogP contribution in [0, 0.1) is 13.8 Å². The highest BCUT2D eigenvalue weighted by Gasteiger charge is 2.16. The Morgan fingerprint density at radius 3 is 2.53 bits per heavy atom. The van der Waals surface area contributed by atoms with Crippen LogP contribution in [0.25, 0.3) is 0 Å². The maximum atomic E-state index is 12.1. The second-order valence-electron chi connectivity index (χ2n) is 4.37. The lowest BCUT2D eigenvalue weighted by atomic mass is 10.2. The van der Waals surface area contributed by atoms with Crippen LogP contribution in [0.15, 0.2) is 23.1 Å². The SMILES string of the molecule is CCC(=O)NCCNS(=O)(=O)c1cc(C)ccc1C. The molecule has 0 saturated heterocycles. The molecule has 1 rings (SSSR count). The van der Waals surface area contributed by atoms with E-state index in [0.717, 1.165) is 5.56 Å². The summed E-state index contributed by atoms with van der Waals surface area (Å²) in [6, 6.07) is 5.29. The van der Waals surface area contributed by atoms with Crippen molar-refractivity contribution < 1.29 is 13.2 Å². The zero-order valence-electron chi connectivity index (χ0n) is 11.5. The van der Waals surface area contributed by atoms with Gasteiger partial charge < -0.3 is 5.32 Å². The quantitative estimate of drug-likeness (QED) is 0.768. The first-order valence-electron chi connectivity index (χ1n) is 6.20. The largest absolute Gasteiger partial charge is 0.355 e. The lowest BCUT2D eigenvalue weighted by Crippen LogP contribution is -2.34. The van der Waals surface area contributed by atoms with Crippen LogP contribution in [0.4, 0.5) is 0 Å². The van der Waals surface area contributed by atoms with Gasteiger partial charge in [-0.3, -0.25) is 4.79 Å². The molecule has 0 radical (unpaired) electrons. The third kappa shape index (κ3) is 4.65. The van der Waals surface area contributed by atoms with Gasteiger partial charge in [-0.2, -0.15) is 0 Å². The Bertz CT molecular complexity index is 553. The summed E-state index contributed by atoms with van der Waals surface area (Å²) in [4.78, 5) is 11.3. The molecule has 0 spiro atoms. The van der Waals surface area contributed by atoms with Crippen molar-refractivity contribution in [1.82, 2.24) is 10.0 Å². The third-order valence-electron chi connectivity index (χ3n) is 2.69. The first kappa shape index (κ1) is 15.7. The molecule has 6 heteroatoms. The van der Waals surface area contributed by atoms with E-state index in [2.05, 4.69) is 10.0 Å². The van der Waals surface area contributed by atoms with E-state index in [1.54, 1.807) is 26.0 Å². The molecule has 0 fully saturated rings. The van der Waals surface area contributed by atoms with Crippen LogP contribution < -0.4 is 10.0 Å². The van der Waals surface area contributed by atoms with Crippen molar-refractivity contribution in [3.63, 3.8) is 0 Å². The van der Waals surface area contributed by atoms with Crippen LogP contribution in [0.3, 0.4) is 0 Å².